The lowest BCUT2D eigenvalue weighted by atomic mass is 9.97. The first kappa shape index (κ1) is 19.8. The SMILES string of the molecule is COC1CCN(C(=O)Cc2ccc(CC3CCN(CC(N)=O)C3)cc2)CC1. The number of carbonyl (C=O) groups is 2. The van der Waals surface area contributed by atoms with Gasteiger partial charge in [-0.3, -0.25) is 14.5 Å². The van der Waals surface area contributed by atoms with Gasteiger partial charge in [0, 0.05) is 26.7 Å². The summed E-state index contributed by atoms with van der Waals surface area (Å²) in [5.41, 5.74) is 7.64. The van der Waals surface area contributed by atoms with Crippen molar-refractivity contribution in [1.82, 2.24) is 9.80 Å². The number of nitrogens with two attached hydrogens (primary N) is 1. The van der Waals surface area contributed by atoms with Crippen molar-refractivity contribution in [3.8, 4) is 0 Å². The number of hydrogen-bond acceptors (Lipinski definition) is 4. The molecule has 2 N–H and O–H groups in total. The lowest BCUT2D eigenvalue weighted by Crippen LogP contribution is -2.41. The van der Waals surface area contributed by atoms with E-state index in [0.29, 0.717) is 25.0 Å². The average molecular weight is 373 g/mol. The maximum Gasteiger partial charge on any atom is 0.231 e. The second-order valence-corrected chi connectivity index (χ2v) is 7.87. The van der Waals surface area contributed by atoms with Crippen LogP contribution >= 0.6 is 0 Å². The highest BCUT2D eigenvalue weighted by atomic mass is 16.5. The van der Waals surface area contributed by atoms with Gasteiger partial charge >= 0.3 is 0 Å². The molecule has 1 unspecified atom stereocenters. The fourth-order valence-corrected chi connectivity index (χ4v) is 4.20. The average Bonchev–Trinajstić information content (AvgIpc) is 3.09. The van der Waals surface area contributed by atoms with Crippen molar-refractivity contribution in [2.75, 3.05) is 39.8 Å². The van der Waals surface area contributed by atoms with E-state index in [1.165, 1.54) is 5.56 Å². The van der Waals surface area contributed by atoms with Gasteiger partial charge in [-0.1, -0.05) is 24.3 Å². The first-order valence-electron chi connectivity index (χ1n) is 9.92. The Morgan fingerprint density at radius 1 is 1.07 bits per heavy atom. The smallest absolute Gasteiger partial charge is 0.231 e. The maximum atomic E-state index is 12.5. The molecule has 2 saturated heterocycles. The standard InChI is InChI=1S/C21H31N3O3/c1-27-19-7-10-24(11-8-19)21(26)13-17-4-2-16(3-5-17)12-18-6-9-23(14-18)15-20(22)25/h2-5,18-19H,6-15H2,1H3,(H2,22,25). The summed E-state index contributed by atoms with van der Waals surface area (Å²) in [4.78, 5) is 27.6. The van der Waals surface area contributed by atoms with Crippen molar-refractivity contribution in [2.45, 2.75) is 38.2 Å². The van der Waals surface area contributed by atoms with E-state index in [1.807, 2.05) is 4.90 Å². The van der Waals surface area contributed by atoms with Crippen LogP contribution in [0.25, 0.3) is 0 Å². The van der Waals surface area contributed by atoms with Gasteiger partial charge in [-0.05, 0) is 49.3 Å². The predicted octanol–water partition coefficient (Wildman–Crippen LogP) is 1.22. The summed E-state index contributed by atoms with van der Waals surface area (Å²) in [6.45, 7) is 3.82. The number of hydrogen-bond donors (Lipinski definition) is 1. The maximum absolute atomic E-state index is 12.5. The quantitative estimate of drug-likeness (QED) is 0.780. The number of ether oxygens (including phenoxy) is 1. The van der Waals surface area contributed by atoms with Gasteiger partial charge in [0.1, 0.15) is 0 Å². The lowest BCUT2D eigenvalue weighted by Gasteiger charge is -2.31. The summed E-state index contributed by atoms with van der Waals surface area (Å²) in [6, 6.07) is 8.42. The molecule has 0 bridgehead atoms. The first-order chi connectivity index (χ1) is 13.0. The van der Waals surface area contributed by atoms with Crippen LogP contribution in [0.1, 0.15) is 30.4 Å². The highest BCUT2D eigenvalue weighted by Crippen LogP contribution is 2.21. The van der Waals surface area contributed by atoms with Crippen molar-refractivity contribution in [2.24, 2.45) is 11.7 Å². The molecule has 2 amide bonds. The molecule has 0 aromatic heterocycles. The normalized spacial score (nSPS) is 21.5. The Bertz CT molecular complexity index is 639. The number of primary amides is 1. The van der Waals surface area contributed by atoms with Gasteiger partial charge in [0.15, 0.2) is 0 Å². The van der Waals surface area contributed by atoms with Crippen LogP contribution in [0.3, 0.4) is 0 Å². The second-order valence-electron chi connectivity index (χ2n) is 7.87. The highest BCUT2D eigenvalue weighted by molar-refractivity contribution is 5.78. The molecule has 2 aliphatic heterocycles. The zero-order valence-corrected chi connectivity index (χ0v) is 16.2. The second kappa shape index (κ2) is 9.33. The van der Waals surface area contributed by atoms with E-state index in [1.54, 1.807) is 7.11 Å². The van der Waals surface area contributed by atoms with E-state index in [0.717, 1.165) is 57.4 Å². The molecule has 0 aliphatic carbocycles. The Morgan fingerprint density at radius 3 is 2.37 bits per heavy atom. The summed E-state index contributed by atoms with van der Waals surface area (Å²) in [5.74, 6) is 0.519. The Hall–Kier alpha value is -1.92. The molecule has 0 radical (unpaired) electrons. The molecule has 1 aromatic rings. The zero-order chi connectivity index (χ0) is 19.2. The molecule has 2 heterocycles. The van der Waals surface area contributed by atoms with Crippen LogP contribution in [-0.4, -0.2) is 67.6 Å². The van der Waals surface area contributed by atoms with Crippen LogP contribution in [0, 0.1) is 5.92 Å². The molecule has 0 spiro atoms. The fourth-order valence-electron chi connectivity index (χ4n) is 4.20. The molecule has 6 heteroatoms. The van der Waals surface area contributed by atoms with Crippen molar-refractivity contribution in [1.29, 1.82) is 0 Å². The number of piperidine rings is 1. The Labute approximate surface area is 161 Å². The van der Waals surface area contributed by atoms with E-state index < -0.39 is 0 Å². The fraction of sp³-hybridized carbons (Fsp3) is 0.619. The van der Waals surface area contributed by atoms with Gasteiger partial charge in [-0.2, -0.15) is 0 Å². The number of methoxy groups -OCH3 is 1. The molecular weight excluding hydrogens is 342 g/mol. The van der Waals surface area contributed by atoms with Crippen molar-refractivity contribution in [3.05, 3.63) is 35.4 Å². The molecule has 1 atom stereocenters. The molecule has 2 fully saturated rings. The van der Waals surface area contributed by atoms with Crippen LogP contribution < -0.4 is 5.73 Å². The first-order valence-corrected chi connectivity index (χ1v) is 9.92. The third kappa shape index (κ3) is 5.78. The molecular formula is C21H31N3O3. The van der Waals surface area contributed by atoms with Gasteiger partial charge in [-0.25, -0.2) is 0 Å². The number of likely N-dealkylation sites (tertiary alicyclic amines) is 2. The summed E-state index contributed by atoms with van der Waals surface area (Å²) < 4.78 is 5.37. The largest absolute Gasteiger partial charge is 0.381 e. The van der Waals surface area contributed by atoms with Crippen LogP contribution in [-0.2, 0) is 27.2 Å². The van der Waals surface area contributed by atoms with Crippen LogP contribution in [0.2, 0.25) is 0 Å². The monoisotopic (exact) mass is 373 g/mol. The number of carbonyl (C=O) groups excluding carboxylic acids is 2. The van der Waals surface area contributed by atoms with Gasteiger partial charge in [0.2, 0.25) is 11.8 Å². The van der Waals surface area contributed by atoms with E-state index in [9.17, 15) is 9.59 Å². The molecule has 148 valence electrons. The number of benzene rings is 1. The molecule has 0 saturated carbocycles. The van der Waals surface area contributed by atoms with Gasteiger partial charge in [0.25, 0.3) is 0 Å². The van der Waals surface area contributed by atoms with Crippen LogP contribution in [0.15, 0.2) is 24.3 Å². The van der Waals surface area contributed by atoms with Gasteiger partial charge in [-0.15, -0.1) is 0 Å². The van der Waals surface area contributed by atoms with Crippen LogP contribution in [0.4, 0.5) is 0 Å². The third-order valence-corrected chi connectivity index (χ3v) is 5.78. The molecule has 3 rings (SSSR count). The topological polar surface area (TPSA) is 75.9 Å². The van der Waals surface area contributed by atoms with Crippen LogP contribution in [0.5, 0.6) is 0 Å². The van der Waals surface area contributed by atoms with E-state index in [-0.39, 0.29) is 11.8 Å². The van der Waals surface area contributed by atoms with Gasteiger partial charge in [0.05, 0.1) is 19.1 Å². The van der Waals surface area contributed by atoms with Crippen molar-refractivity contribution >= 4 is 11.8 Å². The minimum atomic E-state index is -0.254. The number of nitrogens with zero attached hydrogens (tertiary/aromatic N) is 2. The molecule has 2 aliphatic rings. The Balaban J connectivity index is 1.45. The van der Waals surface area contributed by atoms with E-state index >= 15 is 0 Å². The Kier molecular flexibility index (Phi) is 6.85. The highest BCUT2D eigenvalue weighted by Gasteiger charge is 2.24. The summed E-state index contributed by atoms with van der Waals surface area (Å²) in [7, 11) is 1.74. The minimum absolute atomic E-state index is 0.204. The minimum Gasteiger partial charge on any atom is -0.381 e. The summed E-state index contributed by atoms with van der Waals surface area (Å²) >= 11 is 0. The number of amides is 2. The van der Waals surface area contributed by atoms with Gasteiger partial charge < -0.3 is 15.4 Å². The van der Waals surface area contributed by atoms with E-state index in [2.05, 4.69) is 29.2 Å². The molecule has 6 nitrogen and oxygen atoms in total. The third-order valence-electron chi connectivity index (χ3n) is 5.78. The van der Waals surface area contributed by atoms with E-state index in [4.69, 9.17) is 10.5 Å². The van der Waals surface area contributed by atoms with Crippen molar-refractivity contribution in [3.63, 3.8) is 0 Å². The zero-order valence-electron chi connectivity index (χ0n) is 16.2. The summed E-state index contributed by atoms with van der Waals surface area (Å²) in [6.07, 6.45) is 4.72. The molecule has 1 aromatic carbocycles. The Morgan fingerprint density at radius 2 is 1.74 bits per heavy atom. The molecule has 27 heavy (non-hydrogen) atoms. The summed E-state index contributed by atoms with van der Waals surface area (Å²) in [5, 5.41) is 0. The number of rotatable bonds is 7. The lowest BCUT2D eigenvalue weighted by molar-refractivity contribution is -0.132. The predicted molar refractivity (Wildman–Crippen MR) is 104 cm³/mol. The van der Waals surface area contributed by atoms with Crippen molar-refractivity contribution < 1.29 is 14.3 Å².